The topological polar surface area (TPSA) is 17.3 Å². The third-order valence-electron chi connectivity index (χ3n) is 6.44. The SMILES string of the molecule is Cc1nc2c3ccccc3c3c(-c4ccccc4)ccc4c3n2c1CC4(C)C. The first-order valence-corrected chi connectivity index (χ1v) is 9.97. The van der Waals surface area contributed by atoms with Crippen LogP contribution in [-0.2, 0) is 11.8 Å². The van der Waals surface area contributed by atoms with Gasteiger partial charge >= 0.3 is 0 Å². The Morgan fingerprint density at radius 2 is 1.57 bits per heavy atom. The van der Waals surface area contributed by atoms with Gasteiger partial charge in [-0.3, -0.25) is 4.40 Å². The molecule has 6 rings (SSSR count). The molecule has 0 fully saturated rings. The van der Waals surface area contributed by atoms with Crippen molar-refractivity contribution in [2.75, 3.05) is 0 Å². The zero-order valence-corrected chi connectivity index (χ0v) is 16.5. The second-order valence-corrected chi connectivity index (χ2v) is 8.66. The molecule has 0 bridgehead atoms. The lowest BCUT2D eigenvalue weighted by atomic mass is 9.76. The largest absolute Gasteiger partial charge is 0.295 e. The number of nitrogens with zero attached hydrogens (tertiary/aromatic N) is 2. The lowest BCUT2D eigenvalue weighted by Gasteiger charge is -2.33. The first-order chi connectivity index (χ1) is 13.6. The van der Waals surface area contributed by atoms with E-state index in [2.05, 4.69) is 91.9 Å². The zero-order chi connectivity index (χ0) is 19.0. The Labute approximate surface area is 164 Å². The van der Waals surface area contributed by atoms with Crippen molar-refractivity contribution in [3.63, 3.8) is 0 Å². The molecule has 0 saturated carbocycles. The molecule has 0 N–H and O–H groups in total. The molecule has 1 aliphatic heterocycles. The van der Waals surface area contributed by atoms with E-state index in [1.54, 1.807) is 0 Å². The van der Waals surface area contributed by atoms with Gasteiger partial charge in [0.15, 0.2) is 0 Å². The van der Waals surface area contributed by atoms with Gasteiger partial charge < -0.3 is 0 Å². The molecule has 0 aliphatic carbocycles. The molecule has 0 unspecified atom stereocenters. The molecule has 2 heteroatoms. The standard InChI is InChI=1S/C26H22N2/c1-16-22-15-26(2,3)21-14-13-18(17-9-5-4-6-10-17)23-19-11-7-8-12-20(19)25(27-16)28(22)24(21)23/h4-14H,15H2,1-3H3. The van der Waals surface area contributed by atoms with Crippen LogP contribution in [0.2, 0.25) is 0 Å². The van der Waals surface area contributed by atoms with Gasteiger partial charge in [-0.2, -0.15) is 0 Å². The maximum absolute atomic E-state index is 5.03. The Balaban J connectivity index is 1.97. The Bertz CT molecular complexity index is 1410. The highest BCUT2D eigenvalue weighted by Gasteiger charge is 2.33. The molecule has 3 aromatic carbocycles. The van der Waals surface area contributed by atoms with E-state index in [0.717, 1.165) is 17.8 Å². The number of hydrogen-bond donors (Lipinski definition) is 0. The van der Waals surface area contributed by atoms with Crippen molar-refractivity contribution in [3.8, 4) is 11.1 Å². The van der Waals surface area contributed by atoms with Crippen LogP contribution < -0.4 is 0 Å². The summed E-state index contributed by atoms with van der Waals surface area (Å²) < 4.78 is 2.44. The van der Waals surface area contributed by atoms with Crippen LogP contribution in [0.5, 0.6) is 0 Å². The maximum atomic E-state index is 5.03. The Morgan fingerprint density at radius 3 is 2.36 bits per heavy atom. The predicted molar refractivity (Wildman–Crippen MR) is 117 cm³/mol. The van der Waals surface area contributed by atoms with E-state index in [1.807, 2.05) is 0 Å². The van der Waals surface area contributed by atoms with E-state index in [1.165, 1.54) is 44.1 Å². The first kappa shape index (κ1) is 15.9. The predicted octanol–water partition coefficient (Wildman–Crippen LogP) is 6.45. The Hall–Kier alpha value is -3.13. The third-order valence-corrected chi connectivity index (χ3v) is 6.44. The van der Waals surface area contributed by atoms with Gasteiger partial charge in [0.1, 0.15) is 5.65 Å². The van der Waals surface area contributed by atoms with Crippen molar-refractivity contribution < 1.29 is 0 Å². The minimum absolute atomic E-state index is 0.0870. The smallest absolute Gasteiger partial charge is 0.145 e. The molecule has 2 nitrogen and oxygen atoms in total. The van der Waals surface area contributed by atoms with E-state index in [-0.39, 0.29) is 5.41 Å². The summed E-state index contributed by atoms with van der Waals surface area (Å²) in [4.78, 5) is 5.03. The normalized spacial score (nSPS) is 15.1. The molecule has 0 radical (unpaired) electrons. The van der Waals surface area contributed by atoms with Gasteiger partial charge in [0.25, 0.3) is 0 Å². The van der Waals surface area contributed by atoms with Gasteiger partial charge in [0, 0.05) is 16.5 Å². The molecule has 0 atom stereocenters. The number of fused-ring (bicyclic) bond motifs is 3. The van der Waals surface area contributed by atoms with E-state index in [0.29, 0.717) is 0 Å². The van der Waals surface area contributed by atoms with Crippen LogP contribution in [0.3, 0.4) is 0 Å². The Morgan fingerprint density at radius 1 is 0.857 bits per heavy atom. The number of aryl methyl sites for hydroxylation is 1. The van der Waals surface area contributed by atoms with Crippen LogP contribution in [-0.4, -0.2) is 9.38 Å². The highest BCUT2D eigenvalue weighted by molar-refractivity contribution is 6.18. The summed E-state index contributed by atoms with van der Waals surface area (Å²) in [6, 6.07) is 24.2. The molecule has 1 aliphatic rings. The zero-order valence-electron chi connectivity index (χ0n) is 16.5. The molecular weight excluding hydrogens is 340 g/mol. The number of hydrogen-bond acceptors (Lipinski definition) is 1. The van der Waals surface area contributed by atoms with Crippen LogP contribution in [0.4, 0.5) is 0 Å². The van der Waals surface area contributed by atoms with E-state index in [9.17, 15) is 0 Å². The summed E-state index contributed by atoms with van der Waals surface area (Å²) in [5.41, 5.74) is 9.01. The minimum atomic E-state index is 0.0870. The fraction of sp³-hybridized carbons (Fsp3) is 0.192. The molecule has 5 aromatic rings. The summed E-state index contributed by atoms with van der Waals surface area (Å²) in [6.07, 6.45) is 1.02. The summed E-state index contributed by atoms with van der Waals surface area (Å²) in [5.74, 6) is 0. The highest BCUT2D eigenvalue weighted by Crippen LogP contribution is 2.45. The van der Waals surface area contributed by atoms with E-state index >= 15 is 0 Å². The van der Waals surface area contributed by atoms with Gasteiger partial charge in [0.2, 0.25) is 0 Å². The lowest BCUT2D eigenvalue weighted by molar-refractivity contribution is 0.505. The van der Waals surface area contributed by atoms with Gasteiger partial charge in [-0.25, -0.2) is 4.98 Å². The monoisotopic (exact) mass is 362 g/mol. The summed E-state index contributed by atoms with van der Waals surface area (Å²) in [5, 5.41) is 3.87. The summed E-state index contributed by atoms with van der Waals surface area (Å²) in [6.45, 7) is 6.88. The van der Waals surface area contributed by atoms with Crippen LogP contribution >= 0.6 is 0 Å². The van der Waals surface area contributed by atoms with Gasteiger partial charge in [-0.15, -0.1) is 0 Å². The molecular formula is C26H22N2. The highest BCUT2D eigenvalue weighted by atomic mass is 15.0. The fourth-order valence-electron chi connectivity index (χ4n) is 5.10. The van der Waals surface area contributed by atoms with Crippen molar-refractivity contribution in [1.82, 2.24) is 9.38 Å². The summed E-state index contributed by atoms with van der Waals surface area (Å²) in [7, 11) is 0. The number of pyridine rings is 1. The molecule has 0 spiro atoms. The second-order valence-electron chi connectivity index (χ2n) is 8.66. The average molecular weight is 362 g/mol. The minimum Gasteiger partial charge on any atom is -0.295 e. The van der Waals surface area contributed by atoms with Gasteiger partial charge in [0.05, 0.1) is 11.2 Å². The van der Waals surface area contributed by atoms with Crippen LogP contribution in [0.15, 0.2) is 66.7 Å². The van der Waals surface area contributed by atoms with Crippen LogP contribution in [0, 0.1) is 6.92 Å². The summed E-state index contributed by atoms with van der Waals surface area (Å²) >= 11 is 0. The molecule has 3 heterocycles. The number of aromatic nitrogens is 2. The van der Waals surface area contributed by atoms with Gasteiger partial charge in [-0.05, 0) is 40.8 Å². The third kappa shape index (κ3) is 1.90. The quantitative estimate of drug-likeness (QED) is 0.313. The molecule has 2 aromatic heterocycles. The molecule has 28 heavy (non-hydrogen) atoms. The van der Waals surface area contributed by atoms with Crippen LogP contribution in [0.25, 0.3) is 38.4 Å². The van der Waals surface area contributed by atoms with Crippen molar-refractivity contribution in [3.05, 3.63) is 83.7 Å². The molecule has 136 valence electrons. The number of benzene rings is 3. The van der Waals surface area contributed by atoms with Crippen molar-refractivity contribution in [2.45, 2.75) is 32.6 Å². The van der Waals surface area contributed by atoms with Crippen LogP contribution in [0.1, 0.15) is 30.8 Å². The number of imidazole rings is 1. The average Bonchev–Trinajstić information content (AvgIpc) is 3.04. The fourth-order valence-corrected chi connectivity index (χ4v) is 5.10. The van der Waals surface area contributed by atoms with Crippen molar-refractivity contribution >= 4 is 27.3 Å². The number of rotatable bonds is 1. The first-order valence-electron chi connectivity index (χ1n) is 9.97. The van der Waals surface area contributed by atoms with E-state index < -0.39 is 0 Å². The van der Waals surface area contributed by atoms with Gasteiger partial charge in [-0.1, -0.05) is 80.6 Å². The van der Waals surface area contributed by atoms with Crippen molar-refractivity contribution in [2.24, 2.45) is 0 Å². The van der Waals surface area contributed by atoms with E-state index in [4.69, 9.17) is 4.98 Å². The second kappa shape index (κ2) is 5.23. The lowest BCUT2D eigenvalue weighted by Crippen LogP contribution is -2.27. The Kier molecular flexibility index (Phi) is 2.97. The van der Waals surface area contributed by atoms with Crippen molar-refractivity contribution in [1.29, 1.82) is 0 Å². The molecule has 0 amide bonds. The maximum Gasteiger partial charge on any atom is 0.145 e. The molecule has 0 saturated heterocycles.